The zero-order valence-electron chi connectivity index (χ0n) is 17.4. The van der Waals surface area contributed by atoms with Crippen LogP contribution in [0.15, 0.2) is 47.5 Å². The Bertz CT molecular complexity index is 1210. The summed E-state index contributed by atoms with van der Waals surface area (Å²) in [6, 6.07) is 11.2. The fourth-order valence-electron chi connectivity index (χ4n) is 3.32. The highest BCUT2D eigenvalue weighted by Crippen LogP contribution is 2.39. The third-order valence-electron chi connectivity index (χ3n) is 4.79. The molecule has 0 saturated carbocycles. The lowest BCUT2D eigenvalue weighted by atomic mass is 10.0. The van der Waals surface area contributed by atoms with Crippen LogP contribution in [0.2, 0.25) is 0 Å². The molecule has 3 aromatic carbocycles. The van der Waals surface area contributed by atoms with Crippen LogP contribution in [0.3, 0.4) is 0 Å². The third-order valence-corrected chi connectivity index (χ3v) is 4.79. The van der Waals surface area contributed by atoms with Gasteiger partial charge in [0.25, 0.3) is 5.69 Å². The van der Waals surface area contributed by atoms with Crippen molar-refractivity contribution in [1.29, 1.82) is 0 Å². The number of aromatic hydroxyl groups is 1. The summed E-state index contributed by atoms with van der Waals surface area (Å²) in [6.45, 7) is 0. The normalized spacial score (nSPS) is 11.1. The van der Waals surface area contributed by atoms with Gasteiger partial charge in [0.05, 0.1) is 21.6 Å². The number of phenols is 1. The van der Waals surface area contributed by atoms with Crippen LogP contribution >= 0.6 is 0 Å². The smallest absolute Gasteiger partial charge is 0.318 e. The molecular formula is C21H21N5O5. The highest BCUT2D eigenvalue weighted by atomic mass is 16.6. The van der Waals surface area contributed by atoms with E-state index in [1.807, 2.05) is 62.3 Å². The highest BCUT2D eigenvalue weighted by molar-refractivity contribution is 6.09. The first-order valence-electron chi connectivity index (χ1n) is 9.22. The fourth-order valence-corrected chi connectivity index (χ4v) is 3.32. The molecule has 0 unspecified atom stereocenters. The van der Waals surface area contributed by atoms with Crippen molar-refractivity contribution in [2.75, 3.05) is 38.0 Å². The highest BCUT2D eigenvalue weighted by Gasteiger charge is 2.23. The van der Waals surface area contributed by atoms with Crippen molar-refractivity contribution in [2.24, 2.45) is 4.99 Å². The predicted molar refractivity (Wildman–Crippen MR) is 121 cm³/mol. The number of hydrogen-bond acceptors (Lipinski definition) is 8. The lowest BCUT2D eigenvalue weighted by Crippen LogP contribution is -2.13. The number of nitrogens with zero attached hydrogens (tertiary/aromatic N) is 5. The minimum atomic E-state index is -0.871. The molecule has 10 heteroatoms. The van der Waals surface area contributed by atoms with Crippen molar-refractivity contribution in [3.8, 4) is 5.75 Å². The summed E-state index contributed by atoms with van der Waals surface area (Å²) in [4.78, 5) is 29.1. The Morgan fingerprint density at radius 3 is 2.16 bits per heavy atom. The molecule has 0 radical (unpaired) electrons. The second-order valence-corrected chi connectivity index (χ2v) is 7.27. The summed E-state index contributed by atoms with van der Waals surface area (Å²) in [5.41, 5.74) is 1.14. The minimum absolute atomic E-state index is 0.116. The van der Waals surface area contributed by atoms with Gasteiger partial charge in [-0.3, -0.25) is 25.2 Å². The number of benzene rings is 3. The lowest BCUT2D eigenvalue weighted by Gasteiger charge is -2.22. The topological polar surface area (TPSA) is 125 Å². The number of non-ortho nitro benzene ring substituents is 1. The van der Waals surface area contributed by atoms with Crippen molar-refractivity contribution in [2.45, 2.75) is 0 Å². The maximum Gasteiger partial charge on any atom is 0.318 e. The quantitative estimate of drug-likeness (QED) is 0.357. The largest absolute Gasteiger partial charge is 0.502 e. The summed E-state index contributed by atoms with van der Waals surface area (Å²) in [6.07, 6.45) is 1.20. The van der Waals surface area contributed by atoms with Gasteiger partial charge in [0.15, 0.2) is 0 Å². The van der Waals surface area contributed by atoms with Crippen LogP contribution in [-0.4, -0.2) is 49.4 Å². The van der Waals surface area contributed by atoms with E-state index in [4.69, 9.17) is 0 Å². The zero-order valence-corrected chi connectivity index (χ0v) is 17.4. The molecule has 0 spiro atoms. The second kappa shape index (κ2) is 8.27. The first-order chi connectivity index (χ1) is 14.6. The monoisotopic (exact) mass is 423 g/mol. The van der Waals surface area contributed by atoms with Crippen molar-refractivity contribution in [1.82, 2.24) is 0 Å². The maximum atomic E-state index is 11.2. The Kier molecular flexibility index (Phi) is 5.73. The first-order valence-corrected chi connectivity index (χ1v) is 9.22. The van der Waals surface area contributed by atoms with E-state index in [1.54, 1.807) is 6.07 Å². The fraction of sp³-hybridized carbons (Fsp3) is 0.190. The number of nitro groups is 2. The van der Waals surface area contributed by atoms with Gasteiger partial charge >= 0.3 is 5.69 Å². The molecule has 0 heterocycles. The van der Waals surface area contributed by atoms with E-state index >= 15 is 0 Å². The summed E-state index contributed by atoms with van der Waals surface area (Å²) in [5.74, 6) is -0.678. The van der Waals surface area contributed by atoms with Crippen molar-refractivity contribution in [3.05, 3.63) is 68.3 Å². The molecule has 0 aliphatic heterocycles. The standard InChI is InChI=1S/C21H21N5O5/c1-23(2)17-7-5-6-15-16(8-9-18(20(15)17)24(3)4)22-12-13-10-14(25(28)29)11-19(21(13)27)26(30)31/h5-12,27H,1-4H3. The third kappa shape index (κ3) is 4.08. The average molecular weight is 423 g/mol. The van der Waals surface area contributed by atoms with Crippen molar-refractivity contribution in [3.63, 3.8) is 0 Å². The van der Waals surface area contributed by atoms with E-state index in [9.17, 15) is 25.3 Å². The molecule has 160 valence electrons. The summed E-state index contributed by atoms with van der Waals surface area (Å²) < 4.78 is 0. The molecule has 0 aliphatic carbocycles. The van der Waals surface area contributed by atoms with E-state index in [0.29, 0.717) is 5.69 Å². The SMILES string of the molecule is CN(C)c1cccc2c(N=Cc3cc([N+](=O)[O-])cc([N+](=O)[O-])c3O)ccc(N(C)C)c12. The van der Waals surface area contributed by atoms with Gasteiger partial charge in [-0.25, -0.2) is 0 Å². The van der Waals surface area contributed by atoms with E-state index in [2.05, 4.69) is 4.99 Å². The second-order valence-electron chi connectivity index (χ2n) is 7.27. The number of anilines is 2. The van der Waals surface area contributed by atoms with Crippen LogP contribution in [0.1, 0.15) is 5.56 Å². The average Bonchev–Trinajstić information content (AvgIpc) is 2.71. The summed E-state index contributed by atoms with van der Waals surface area (Å²) in [5, 5.41) is 34.3. The van der Waals surface area contributed by atoms with E-state index < -0.39 is 27.0 Å². The van der Waals surface area contributed by atoms with Gasteiger partial charge in [0, 0.05) is 68.2 Å². The predicted octanol–water partition coefficient (Wildman–Crippen LogP) is 4.24. The van der Waals surface area contributed by atoms with E-state index in [1.165, 1.54) is 6.21 Å². The molecule has 31 heavy (non-hydrogen) atoms. The Balaban J connectivity index is 2.21. The van der Waals surface area contributed by atoms with Gasteiger partial charge in [-0.1, -0.05) is 12.1 Å². The molecule has 0 bridgehead atoms. The molecule has 0 aromatic heterocycles. The van der Waals surface area contributed by atoms with Gasteiger partial charge in [-0.2, -0.15) is 0 Å². The zero-order chi connectivity index (χ0) is 22.9. The van der Waals surface area contributed by atoms with Crippen LogP contribution in [0.25, 0.3) is 10.8 Å². The molecule has 3 rings (SSSR count). The molecule has 0 saturated heterocycles. The Labute approximate surface area is 178 Å². The molecule has 0 atom stereocenters. The summed E-state index contributed by atoms with van der Waals surface area (Å²) in [7, 11) is 7.74. The lowest BCUT2D eigenvalue weighted by molar-refractivity contribution is -0.394. The number of fused-ring (bicyclic) bond motifs is 1. The first kappa shape index (κ1) is 21.5. The molecule has 3 aromatic rings. The summed E-state index contributed by atoms with van der Waals surface area (Å²) >= 11 is 0. The maximum absolute atomic E-state index is 11.2. The Morgan fingerprint density at radius 1 is 0.935 bits per heavy atom. The number of nitro benzene ring substituents is 2. The van der Waals surface area contributed by atoms with Crippen LogP contribution in [0, 0.1) is 20.2 Å². The van der Waals surface area contributed by atoms with Crippen LogP contribution in [-0.2, 0) is 0 Å². The van der Waals surface area contributed by atoms with Crippen LogP contribution in [0.5, 0.6) is 5.75 Å². The van der Waals surface area contributed by atoms with Crippen molar-refractivity contribution < 1.29 is 15.0 Å². The van der Waals surface area contributed by atoms with Gasteiger partial charge in [0.2, 0.25) is 5.75 Å². The Hall–Kier alpha value is -4.21. The number of hydrogen-bond donors (Lipinski definition) is 1. The van der Waals surface area contributed by atoms with Crippen LogP contribution in [0.4, 0.5) is 28.4 Å². The Morgan fingerprint density at radius 2 is 1.58 bits per heavy atom. The molecule has 0 fully saturated rings. The minimum Gasteiger partial charge on any atom is -0.502 e. The van der Waals surface area contributed by atoms with E-state index in [0.717, 1.165) is 34.3 Å². The molecular weight excluding hydrogens is 402 g/mol. The van der Waals surface area contributed by atoms with Gasteiger partial charge in [-0.05, 0) is 18.2 Å². The molecule has 1 N–H and O–H groups in total. The van der Waals surface area contributed by atoms with Gasteiger partial charge < -0.3 is 14.9 Å². The van der Waals surface area contributed by atoms with Gasteiger partial charge in [0.1, 0.15) is 0 Å². The number of aliphatic imine (C=N–C) groups is 1. The molecule has 0 amide bonds. The van der Waals surface area contributed by atoms with Crippen LogP contribution < -0.4 is 9.80 Å². The van der Waals surface area contributed by atoms with Gasteiger partial charge in [-0.15, -0.1) is 0 Å². The molecule has 10 nitrogen and oxygen atoms in total. The molecule has 0 aliphatic rings. The van der Waals surface area contributed by atoms with E-state index in [-0.39, 0.29) is 5.56 Å². The number of rotatable bonds is 6. The van der Waals surface area contributed by atoms with Crippen molar-refractivity contribution >= 4 is 45.4 Å². The number of phenolic OH excluding ortho intramolecular Hbond substituents is 1.